The molecule has 30 heavy (non-hydrogen) atoms. The van der Waals surface area contributed by atoms with E-state index in [2.05, 4.69) is 25.1 Å². The van der Waals surface area contributed by atoms with E-state index in [0.717, 1.165) is 51.4 Å². The number of hydrogen-bond acceptors (Lipinski definition) is 5. The Balaban J connectivity index is 1.50. The van der Waals surface area contributed by atoms with Gasteiger partial charge in [-0.1, -0.05) is 25.5 Å². The second-order valence-corrected chi connectivity index (χ2v) is 10.2. The molecule has 4 nitrogen and oxygen atoms in total. The Morgan fingerprint density at radius 1 is 1.43 bits per heavy atom. The van der Waals surface area contributed by atoms with Gasteiger partial charge in [0.2, 0.25) is 0 Å². The Hall–Kier alpha value is -1.64. The Kier molecular flexibility index (Phi) is 8.13. The van der Waals surface area contributed by atoms with Crippen LogP contribution in [0.1, 0.15) is 79.3 Å². The van der Waals surface area contributed by atoms with Crippen LogP contribution in [-0.4, -0.2) is 24.3 Å². The SMILES string of the molecule is CCC1(C(O)C/C=C/[C@@H]2[C@@H](CCCc3ccc(C(=O)OC)s3)CC[C@H]2C#N)CCC1. The fraction of sp³-hybridized carbons (Fsp3) is 0.680. The molecule has 5 heteroatoms. The number of carbonyl (C=O) groups excluding carboxylic acids is 1. The summed E-state index contributed by atoms with van der Waals surface area (Å²) in [6.45, 7) is 2.19. The lowest BCUT2D eigenvalue weighted by Crippen LogP contribution is -2.40. The lowest BCUT2D eigenvalue weighted by atomic mass is 9.63. The number of hydrogen-bond donors (Lipinski definition) is 1. The van der Waals surface area contributed by atoms with E-state index >= 15 is 0 Å². The van der Waals surface area contributed by atoms with Gasteiger partial charge in [-0.25, -0.2) is 4.79 Å². The smallest absolute Gasteiger partial charge is 0.348 e. The summed E-state index contributed by atoms with van der Waals surface area (Å²) in [6, 6.07) is 6.38. The van der Waals surface area contributed by atoms with E-state index in [1.165, 1.54) is 29.7 Å². The molecule has 0 aromatic carbocycles. The third-order valence-corrected chi connectivity index (χ3v) is 8.67. The highest BCUT2D eigenvalue weighted by molar-refractivity contribution is 7.13. The van der Waals surface area contributed by atoms with Gasteiger partial charge < -0.3 is 9.84 Å². The van der Waals surface area contributed by atoms with Crippen molar-refractivity contribution in [3.8, 4) is 6.07 Å². The number of thiophene rings is 1. The number of allylic oxidation sites excluding steroid dienone is 1. The molecule has 1 N–H and O–H groups in total. The minimum Gasteiger partial charge on any atom is -0.465 e. The Bertz CT molecular complexity index is 768. The molecular formula is C25H35NO3S. The standard InChI is InChI=1S/C25H35NO3S/c1-3-25(15-6-16-25)23(27)10-5-9-21-18(11-12-19(21)17-26)7-4-8-20-13-14-22(30-20)24(28)29-2/h5,9,13-14,18-19,21,23,27H,3-4,6-8,10-12,15-16H2,1-2H3/b9-5+/t18-,19-,21+,23?/m0/s1. The second-order valence-electron chi connectivity index (χ2n) is 9.05. The summed E-state index contributed by atoms with van der Waals surface area (Å²) in [5.74, 6) is 0.667. The third-order valence-electron chi connectivity index (χ3n) is 7.55. The number of aryl methyl sites for hydroxylation is 1. The highest BCUT2D eigenvalue weighted by atomic mass is 32.1. The van der Waals surface area contributed by atoms with Gasteiger partial charge in [0, 0.05) is 4.88 Å². The van der Waals surface area contributed by atoms with Crippen LogP contribution in [0, 0.1) is 34.5 Å². The predicted octanol–water partition coefficient (Wildman–Crippen LogP) is 5.91. The van der Waals surface area contributed by atoms with Crippen LogP contribution in [0.4, 0.5) is 0 Å². The van der Waals surface area contributed by atoms with Crippen LogP contribution >= 0.6 is 11.3 Å². The van der Waals surface area contributed by atoms with E-state index in [4.69, 9.17) is 4.74 Å². The zero-order chi connectivity index (χ0) is 21.6. The number of rotatable bonds is 10. The highest BCUT2D eigenvalue weighted by Gasteiger charge is 2.41. The first kappa shape index (κ1) is 23.0. The minimum atomic E-state index is -0.266. The molecule has 1 aromatic heterocycles. The summed E-state index contributed by atoms with van der Waals surface area (Å²) >= 11 is 1.51. The molecule has 2 aliphatic rings. The molecule has 1 aromatic rings. The second kappa shape index (κ2) is 10.6. The number of ether oxygens (including phenoxy) is 1. The van der Waals surface area contributed by atoms with Gasteiger partial charge in [-0.2, -0.15) is 5.26 Å². The lowest BCUT2D eigenvalue weighted by molar-refractivity contribution is -0.0355. The fourth-order valence-corrected chi connectivity index (χ4v) is 6.28. The maximum absolute atomic E-state index is 11.6. The molecule has 3 rings (SSSR count). The zero-order valence-corrected chi connectivity index (χ0v) is 19.1. The maximum atomic E-state index is 11.6. The molecule has 0 radical (unpaired) electrons. The molecule has 0 saturated heterocycles. The highest BCUT2D eigenvalue weighted by Crippen LogP contribution is 2.48. The average molecular weight is 430 g/mol. The third kappa shape index (κ3) is 5.15. The summed E-state index contributed by atoms with van der Waals surface area (Å²) in [4.78, 5) is 13.5. The van der Waals surface area contributed by atoms with Crippen LogP contribution in [0.5, 0.6) is 0 Å². The first-order valence-corrected chi connectivity index (χ1v) is 12.3. The van der Waals surface area contributed by atoms with Gasteiger partial charge in [-0.05, 0) is 87.2 Å². The molecule has 0 aliphatic heterocycles. The summed E-state index contributed by atoms with van der Waals surface area (Å²) < 4.78 is 4.78. The fourth-order valence-electron chi connectivity index (χ4n) is 5.31. The first-order chi connectivity index (χ1) is 14.5. The van der Waals surface area contributed by atoms with E-state index in [1.807, 2.05) is 12.1 Å². The number of methoxy groups -OCH3 is 1. The van der Waals surface area contributed by atoms with E-state index in [9.17, 15) is 15.2 Å². The van der Waals surface area contributed by atoms with Crippen LogP contribution in [0.15, 0.2) is 24.3 Å². The quantitative estimate of drug-likeness (QED) is 0.371. The van der Waals surface area contributed by atoms with Crippen molar-refractivity contribution < 1.29 is 14.6 Å². The number of aliphatic hydroxyl groups is 1. The van der Waals surface area contributed by atoms with Gasteiger partial charge in [0.25, 0.3) is 0 Å². The summed E-state index contributed by atoms with van der Waals surface area (Å²) in [6.07, 6.45) is 14.6. The van der Waals surface area contributed by atoms with Crippen LogP contribution in [0.3, 0.4) is 0 Å². The number of nitrogens with zero attached hydrogens (tertiary/aromatic N) is 1. The molecule has 0 spiro atoms. The Labute approximate surface area is 184 Å². The maximum Gasteiger partial charge on any atom is 0.348 e. The van der Waals surface area contributed by atoms with Crippen molar-refractivity contribution in [2.75, 3.05) is 7.11 Å². The predicted molar refractivity (Wildman–Crippen MR) is 120 cm³/mol. The topological polar surface area (TPSA) is 70.3 Å². The molecule has 1 unspecified atom stereocenters. The number of esters is 1. The van der Waals surface area contributed by atoms with E-state index < -0.39 is 0 Å². The summed E-state index contributed by atoms with van der Waals surface area (Å²) in [5, 5.41) is 20.2. The largest absolute Gasteiger partial charge is 0.465 e. The number of carbonyl (C=O) groups is 1. The van der Waals surface area contributed by atoms with E-state index in [0.29, 0.717) is 23.1 Å². The van der Waals surface area contributed by atoms with E-state index in [-0.39, 0.29) is 23.4 Å². The molecule has 2 saturated carbocycles. The molecule has 1 heterocycles. The van der Waals surface area contributed by atoms with E-state index in [1.54, 1.807) is 0 Å². The van der Waals surface area contributed by atoms with Crippen molar-refractivity contribution in [1.29, 1.82) is 5.26 Å². The average Bonchev–Trinajstić information content (AvgIpc) is 3.34. The molecule has 0 amide bonds. The number of aliphatic hydroxyl groups excluding tert-OH is 1. The minimum absolute atomic E-state index is 0.0971. The lowest BCUT2D eigenvalue weighted by Gasteiger charge is -2.45. The Morgan fingerprint density at radius 3 is 2.87 bits per heavy atom. The molecule has 4 atom stereocenters. The van der Waals surface area contributed by atoms with Gasteiger partial charge in [0.05, 0.1) is 25.2 Å². The van der Waals surface area contributed by atoms with Crippen molar-refractivity contribution >= 4 is 17.3 Å². The monoisotopic (exact) mass is 429 g/mol. The van der Waals surface area contributed by atoms with Crippen molar-refractivity contribution in [3.05, 3.63) is 34.0 Å². The first-order valence-electron chi connectivity index (χ1n) is 11.4. The van der Waals surface area contributed by atoms with Crippen molar-refractivity contribution in [3.63, 3.8) is 0 Å². The van der Waals surface area contributed by atoms with Gasteiger partial charge in [-0.3, -0.25) is 0 Å². The molecule has 0 bridgehead atoms. The summed E-state index contributed by atoms with van der Waals surface area (Å²) in [5.41, 5.74) is 0.137. The molecule has 164 valence electrons. The summed E-state index contributed by atoms with van der Waals surface area (Å²) in [7, 11) is 1.41. The number of nitriles is 1. The van der Waals surface area contributed by atoms with Gasteiger partial charge in [0.15, 0.2) is 0 Å². The van der Waals surface area contributed by atoms with Gasteiger partial charge >= 0.3 is 5.97 Å². The molecule has 2 fully saturated rings. The van der Waals surface area contributed by atoms with Crippen LogP contribution in [-0.2, 0) is 11.2 Å². The van der Waals surface area contributed by atoms with Crippen molar-refractivity contribution in [1.82, 2.24) is 0 Å². The molecule has 2 aliphatic carbocycles. The Morgan fingerprint density at radius 2 is 2.23 bits per heavy atom. The van der Waals surface area contributed by atoms with Crippen LogP contribution < -0.4 is 0 Å². The van der Waals surface area contributed by atoms with Gasteiger partial charge in [-0.15, -0.1) is 11.3 Å². The van der Waals surface area contributed by atoms with Gasteiger partial charge in [0.1, 0.15) is 4.88 Å². The normalized spacial score (nSPS) is 26.3. The zero-order valence-electron chi connectivity index (χ0n) is 18.3. The van der Waals surface area contributed by atoms with Crippen molar-refractivity contribution in [2.45, 2.75) is 77.2 Å². The molecular weight excluding hydrogens is 394 g/mol. The van der Waals surface area contributed by atoms with Crippen LogP contribution in [0.2, 0.25) is 0 Å². The van der Waals surface area contributed by atoms with Crippen LogP contribution in [0.25, 0.3) is 0 Å². The van der Waals surface area contributed by atoms with Crippen molar-refractivity contribution in [2.24, 2.45) is 23.2 Å².